The highest BCUT2D eigenvalue weighted by Crippen LogP contribution is 2.17. The molecule has 2 rings (SSSR count). The Balaban J connectivity index is 1.99. The number of anilines is 3. The Morgan fingerprint density at radius 1 is 0.833 bits per heavy atom. The number of nitrogens with one attached hydrogen (secondary N) is 3. The van der Waals surface area contributed by atoms with Gasteiger partial charge in [0.15, 0.2) is 0 Å². The maximum atomic E-state index is 13.2. The van der Waals surface area contributed by atoms with Gasteiger partial charge in [0, 0.05) is 24.0 Å². The summed E-state index contributed by atoms with van der Waals surface area (Å²) in [5.74, 6) is -2.51. The van der Waals surface area contributed by atoms with Crippen LogP contribution in [0.1, 0.15) is 12.5 Å². The SMILES string of the molecule is CC(=O)Nc1ccc(NC(=O)C(=O)Nc2cc(F)ccc2C)cc1. The molecular formula is C17H16FN3O3. The number of hydrogen-bond donors (Lipinski definition) is 3. The summed E-state index contributed by atoms with van der Waals surface area (Å²) in [5, 5.41) is 7.37. The van der Waals surface area contributed by atoms with Crippen LogP contribution in [0.4, 0.5) is 21.5 Å². The fourth-order valence-electron chi connectivity index (χ4n) is 1.94. The Hall–Kier alpha value is -3.22. The Morgan fingerprint density at radius 3 is 1.96 bits per heavy atom. The fourth-order valence-corrected chi connectivity index (χ4v) is 1.94. The van der Waals surface area contributed by atoms with Gasteiger partial charge in [0.25, 0.3) is 0 Å². The van der Waals surface area contributed by atoms with E-state index in [9.17, 15) is 18.8 Å². The van der Waals surface area contributed by atoms with Crippen LogP contribution in [0.5, 0.6) is 0 Å². The van der Waals surface area contributed by atoms with E-state index in [-0.39, 0.29) is 11.6 Å². The van der Waals surface area contributed by atoms with E-state index in [1.54, 1.807) is 31.2 Å². The van der Waals surface area contributed by atoms with Gasteiger partial charge in [-0.3, -0.25) is 14.4 Å². The molecule has 2 aromatic carbocycles. The monoisotopic (exact) mass is 329 g/mol. The summed E-state index contributed by atoms with van der Waals surface area (Å²) >= 11 is 0. The molecular weight excluding hydrogens is 313 g/mol. The molecule has 0 fully saturated rings. The van der Waals surface area contributed by atoms with Crippen LogP contribution >= 0.6 is 0 Å². The van der Waals surface area contributed by atoms with Gasteiger partial charge in [-0.2, -0.15) is 0 Å². The zero-order chi connectivity index (χ0) is 17.7. The number of rotatable bonds is 3. The molecule has 24 heavy (non-hydrogen) atoms. The zero-order valence-electron chi connectivity index (χ0n) is 13.1. The molecule has 6 nitrogen and oxygen atoms in total. The lowest BCUT2D eigenvalue weighted by Gasteiger charge is -2.09. The van der Waals surface area contributed by atoms with Crippen molar-refractivity contribution in [3.63, 3.8) is 0 Å². The highest BCUT2D eigenvalue weighted by Gasteiger charge is 2.15. The lowest BCUT2D eigenvalue weighted by Crippen LogP contribution is -2.29. The molecule has 0 aliphatic carbocycles. The van der Waals surface area contributed by atoms with Gasteiger partial charge in [-0.15, -0.1) is 0 Å². The van der Waals surface area contributed by atoms with E-state index in [2.05, 4.69) is 16.0 Å². The van der Waals surface area contributed by atoms with E-state index in [0.29, 0.717) is 16.9 Å². The summed E-state index contributed by atoms with van der Waals surface area (Å²) in [5.41, 5.74) is 1.83. The molecule has 0 unspecified atom stereocenters. The molecule has 0 radical (unpaired) electrons. The van der Waals surface area contributed by atoms with Crippen LogP contribution in [-0.2, 0) is 14.4 Å². The first-order valence-electron chi connectivity index (χ1n) is 7.11. The maximum absolute atomic E-state index is 13.2. The van der Waals surface area contributed by atoms with Crippen LogP contribution < -0.4 is 16.0 Å². The Labute approximate surface area is 138 Å². The fraction of sp³-hybridized carbons (Fsp3) is 0.118. The second kappa shape index (κ2) is 7.36. The minimum atomic E-state index is -0.908. The predicted molar refractivity (Wildman–Crippen MR) is 89.1 cm³/mol. The van der Waals surface area contributed by atoms with Gasteiger partial charge >= 0.3 is 11.8 Å². The molecule has 3 amide bonds. The van der Waals surface area contributed by atoms with Crippen LogP contribution in [0.2, 0.25) is 0 Å². The Bertz CT molecular complexity index is 788. The van der Waals surface area contributed by atoms with Gasteiger partial charge in [-0.25, -0.2) is 4.39 Å². The highest BCUT2D eigenvalue weighted by molar-refractivity contribution is 6.43. The minimum Gasteiger partial charge on any atom is -0.326 e. The number of carbonyl (C=O) groups is 3. The second-order valence-electron chi connectivity index (χ2n) is 5.13. The molecule has 124 valence electrons. The Morgan fingerprint density at radius 2 is 1.38 bits per heavy atom. The first kappa shape index (κ1) is 17.1. The van der Waals surface area contributed by atoms with Crippen molar-refractivity contribution >= 4 is 34.8 Å². The van der Waals surface area contributed by atoms with Crippen LogP contribution in [0.15, 0.2) is 42.5 Å². The summed E-state index contributed by atoms with van der Waals surface area (Å²) in [4.78, 5) is 34.7. The lowest BCUT2D eigenvalue weighted by molar-refractivity contribution is -0.133. The number of carbonyl (C=O) groups excluding carboxylic acids is 3. The lowest BCUT2D eigenvalue weighted by atomic mass is 10.2. The number of aryl methyl sites for hydroxylation is 1. The standard InChI is InChI=1S/C17H16FN3O3/c1-10-3-4-12(18)9-15(10)21-17(24)16(23)20-14-7-5-13(6-8-14)19-11(2)22/h3-9H,1-2H3,(H,19,22)(H,20,23)(H,21,24). The second-order valence-corrected chi connectivity index (χ2v) is 5.13. The summed E-state index contributed by atoms with van der Waals surface area (Å²) in [6, 6.07) is 10.2. The van der Waals surface area contributed by atoms with Crippen LogP contribution in [0.3, 0.4) is 0 Å². The molecule has 0 aromatic heterocycles. The van der Waals surface area contributed by atoms with Gasteiger partial charge in [-0.1, -0.05) is 6.07 Å². The molecule has 0 heterocycles. The average molecular weight is 329 g/mol. The van der Waals surface area contributed by atoms with Crippen LogP contribution in [-0.4, -0.2) is 17.7 Å². The highest BCUT2D eigenvalue weighted by atomic mass is 19.1. The number of amides is 3. The number of benzene rings is 2. The van der Waals surface area contributed by atoms with E-state index >= 15 is 0 Å². The molecule has 0 saturated heterocycles. The van der Waals surface area contributed by atoms with Gasteiger partial charge in [0.1, 0.15) is 5.82 Å². The van der Waals surface area contributed by atoms with Gasteiger partial charge in [-0.05, 0) is 48.9 Å². The predicted octanol–water partition coefficient (Wildman–Crippen LogP) is 2.67. The van der Waals surface area contributed by atoms with E-state index < -0.39 is 17.6 Å². The van der Waals surface area contributed by atoms with Crippen molar-refractivity contribution in [3.05, 3.63) is 53.8 Å². The van der Waals surface area contributed by atoms with E-state index in [1.165, 1.54) is 19.1 Å². The molecule has 0 bridgehead atoms. The van der Waals surface area contributed by atoms with E-state index in [0.717, 1.165) is 6.07 Å². The van der Waals surface area contributed by atoms with E-state index in [1.807, 2.05) is 0 Å². The first-order valence-corrected chi connectivity index (χ1v) is 7.11. The van der Waals surface area contributed by atoms with E-state index in [4.69, 9.17) is 0 Å². The van der Waals surface area contributed by atoms with Crippen molar-refractivity contribution in [3.8, 4) is 0 Å². The third-order valence-corrected chi connectivity index (χ3v) is 3.12. The van der Waals surface area contributed by atoms with Crippen molar-refractivity contribution in [2.24, 2.45) is 0 Å². The molecule has 0 saturated carbocycles. The molecule has 0 aliphatic heterocycles. The van der Waals surface area contributed by atoms with Crippen molar-refractivity contribution in [2.45, 2.75) is 13.8 Å². The van der Waals surface area contributed by atoms with Crippen molar-refractivity contribution in [1.29, 1.82) is 0 Å². The first-order chi connectivity index (χ1) is 11.3. The average Bonchev–Trinajstić information content (AvgIpc) is 2.52. The topological polar surface area (TPSA) is 87.3 Å². The number of hydrogen-bond acceptors (Lipinski definition) is 3. The summed E-state index contributed by atoms with van der Waals surface area (Å²) in [7, 11) is 0. The smallest absolute Gasteiger partial charge is 0.314 e. The quantitative estimate of drug-likeness (QED) is 0.757. The Kier molecular flexibility index (Phi) is 5.26. The van der Waals surface area contributed by atoms with Crippen LogP contribution in [0, 0.1) is 12.7 Å². The molecule has 2 aromatic rings. The van der Waals surface area contributed by atoms with Gasteiger partial charge < -0.3 is 16.0 Å². The molecule has 0 spiro atoms. The maximum Gasteiger partial charge on any atom is 0.314 e. The van der Waals surface area contributed by atoms with Crippen molar-refractivity contribution < 1.29 is 18.8 Å². The zero-order valence-corrected chi connectivity index (χ0v) is 13.1. The number of halogens is 1. The van der Waals surface area contributed by atoms with Gasteiger partial charge in [0.2, 0.25) is 5.91 Å². The summed E-state index contributed by atoms with van der Waals surface area (Å²) < 4.78 is 13.2. The molecule has 7 heteroatoms. The normalized spacial score (nSPS) is 9.96. The van der Waals surface area contributed by atoms with Crippen molar-refractivity contribution in [2.75, 3.05) is 16.0 Å². The molecule has 3 N–H and O–H groups in total. The largest absolute Gasteiger partial charge is 0.326 e. The summed E-state index contributed by atoms with van der Waals surface area (Å²) in [6.07, 6.45) is 0. The van der Waals surface area contributed by atoms with Gasteiger partial charge in [0.05, 0.1) is 0 Å². The van der Waals surface area contributed by atoms with Crippen molar-refractivity contribution in [1.82, 2.24) is 0 Å². The van der Waals surface area contributed by atoms with Crippen LogP contribution in [0.25, 0.3) is 0 Å². The third-order valence-electron chi connectivity index (χ3n) is 3.12. The summed E-state index contributed by atoms with van der Waals surface area (Å²) in [6.45, 7) is 3.07. The minimum absolute atomic E-state index is 0.211. The third kappa shape index (κ3) is 4.64. The molecule has 0 aliphatic rings. The molecule has 0 atom stereocenters.